The molecule has 0 atom stereocenters. The van der Waals surface area contributed by atoms with Crippen molar-refractivity contribution in [2.45, 2.75) is 6.92 Å². The molecule has 0 spiro atoms. The zero-order chi connectivity index (χ0) is 11.5. The highest BCUT2D eigenvalue weighted by Gasteiger charge is 2.14. The van der Waals surface area contributed by atoms with Crippen LogP contribution in [0.2, 0.25) is 0 Å². The van der Waals surface area contributed by atoms with Crippen molar-refractivity contribution in [3.8, 4) is 5.69 Å². The number of rotatable bonds is 3. The van der Waals surface area contributed by atoms with Crippen LogP contribution in [0.15, 0.2) is 34.6 Å². The van der Waals surface area contributed by atoms with Gasteiger partial charge in [-0.25, -0.2) is 9.67 Å². The van der Waals surface area contributed by atoms with E-state index in [9.17, 15) is 0 Å². The zero-order valence-electron chi connectivity index (χ0n) is 9.31. The van der Waals surface area contributed by atoms with Crippen LogP contribution in [0.25, 0.3) is 5.69 Å². The van der Waals surface area contributed by atoms with Crippen LogP contribution in [0.4, 0.5) is 5.82 Å². The Labute approximate surface area is 93.6 Å². The van der Waals surface area contributed by atoms with Gasteiger partial charge in [0, 0.05) is 31.3 Å². The van der Waals surface area contributed by atoms with Crippen LogP contribution in [0, 0.1) is 0 Å². The zero-order valence-corrected chi connectivity index (χ0v) is 9.31. The second-order valence-electron chi connectivity index (χ2n) is 3.32. The lowest BCUT2D eigenvalue weighted by Crippen LogP contribution is -2.01. The van der Waals surface area contributed by atoms with Gasteiger partial charge in [-0.3, -0.25) is 4.99 Å². The molecule has 2 aromatic rings. The molecule has 0 fully saturated rings. The summed E-state index contributed by atoms with van der Waals surface area (Å²) in [6, 6.07) is 1.87. The Morgan fingerprint density at radius 1 is 1.56 bits per heavy atom. The molecule has 0 aliphatic heterocycles. The molecule has 0 aliphatic carbocycles. The number of nitrogens with zero attached hydrogens (tertiary/aromatic N) is 4. The van der Waals surface area contributed by atoms with Crippen LogP contribution in [-0.4, -0.2) is 34.2 Å². The largest absolute Gasteiger partial charge is 0.344 e. The number of aromatic nitrogens is 3. The third kappa shape index (κ3) is 1.56. The molecule has 0 saturated heterocycles. The molecule has 16 heavy (non-hydrogen) atoms. The quantitative estimate of drug-likeness (QED) is 0.782. The summed E-state index contributed by atoms with van der Waals surface area (Å²) in [7, 11) is 1.75. The SMILES string of the molecule is C=Nc1[nH]cc(-n2cccn2)c1C(C)=NC. The molecule has 5 nitrogen and oxygen atoms in total. The van der Waals surface area contributed by atoms with Gasteiger partial charge in [0.2, 0.25) is 0 Å². The maximum absolute atomic E-state index is 4.19. The molecular formula is C11H13N5. The molecule has 2 aromatic heterocycles. The number of aliphatic imine (C=N–C) groups is 2. The highest BCUT2D eigenvalue weighted by molar-refractivity contribution is 6.05. The Balaban J connectivity index is 2.63. The number of H-pyrrole nitrogens is 1. The Kier molecular flexibility index (Phi) is 2.68. The van der Waals surface area contributed by atoms with Crippen molar-refractivity contribution >= 4 is 18.2 Å². The van der Waals surface area contributed by atoms with Crippen molar-refractivity contribution in [1.29, 1.82) is 0 Å². The van der Waals surface area contributed by atoms with Crippen molar-refractivity contribution in [3.05, 3.63) is 30.2 Å². The van der Waals surface area contributed by atoms with E-state index in [1.165, 1.54) is 0 Å². The summed E-state index contributed by atoms with van der Waals surface area (Å²) in [6.07, 6.45) is 5.46. The molecule has 0 aliphatic rings. The summed E-state index contributed by atoms with van der Waals surface area (Å²) >= 11 is 0. The highest BCUT2D eigenvalue weighted by atomic mass is 15.3. The summed E-state index contributed by atoms with van der Waals surface area (Å²) in [5, 5.41) is 4.19. The van der Waals surface area contributed by atoms with Crippen molar-refractivity contribution in [1.82, 2.24) is 14.8 Å². The number of hydrogen-bond donors (Lipinski definition) is 1. The number of aromatic amines is 1. The monoisotopic (exact) mass is 215 g/mol. The van der Waals surface area contributed by atoms with E-state index in [0.717, 1.165) is 17.0 Å². The molecule has 0 bridgehead atoms. The normalized spacial score (nSPS) is 11.8. The van der Waals surface area contributed by atoms with Gasteiger partial charge < -0.3 is 4.98 Å². The number of hydrogen-bond acceptors (Lipinski definition) is 3. The maximum atomic E-state index is 4.19. The average molecular weight is 215 g/mol. The third-order valence-corrected chi connectivity index (χ3v) is 2.45. The van der Waals surface area contributed by atoms with E-state index < -0.39 is 0 Å². The molecule has 2 heterocycles. The molecule has 0 amide bonds. The fourth-order valence-corrected chi connectivity index (χ4v) is 1.59. The predicted octanol–water partition coefficient (Wildman–Crippen LogP) is 1.97. The minimum atomic E-state index is 0.716. The molecule has 5 heteroatoms. The van der Waals surface area contributed by atoms with Gasteiger partial charge in [-0.05, 0) is 19.7 Å². The second-order valence-corrected chi connectivity index (χ2v) is 3.32. The first kappa shape index (κ1) is 10.4. The fourth-order valence-electron chi connectivity index (χ4n) is 1.59. The van der Waals surface area contributed by atoms with E-state index in [2.05, 4.69) is 26.8 Å². The molecule has 1 N–H and O–H groups in total. The van der Waals surface area contributed by atoms with Crippen molar-refractivity contribution in [3.63, 3.8) is 0 Å². The van der Waals surface area contributed by atoms with Gasteiger partial charge in [0.1, 0.15) is 5.82 Å². The minimum absolute atomic E-state index is 0.716. The summed E-state index contributed by atoms with van der Waals surface area (Å²) < 4.78 is 1.77. The van der Waals surface area contributed by atoms with Crippen molar-refractivity contribution in [2.75, 3.05) is 7.05 Å². The van der Waals surface area contributed by atoms with E-state index >= 15 is 0 Å². The lowest BCUT2D eigenvalue weighted by atomic mass is 10.2. The van der Waals surface area contributed by atoms with Crippen LogP contribution >= 0.6 is 0 Å². The Morgan fingerprint density at radius 2 is 2.38 bits per heavy atom. The summed E-state index contributed by atoms with van der Waals surface area (Å²) in [6.45, 7) is 5.47. The lowest BCUT2D eigenvalue weighted by Gasteiger charge is -2.03. The van der Waals surface area contributed by atoms with E-state index in [0.29, 0.717) is 5.82 Å². The first-order valence-electron chi connectivity index (χ1n) is 4.89. The Bertz CT molecular complexity index is 519. The Morgan fingerprint density at radius 3 is 2.94 bits per heavy atom. The lowest BCUT2D eigenvalue weighted by molar-refractivity contribution is 0.880. The van der Waals surface area contributed by atoms with Crippen LogP contribution in [-0.2, 0) is 0 Å². The van der Waals surface area contributed by atoms with Gasteiger partial charge >= 0.3 is 0 Å². The molecule has 0 aromatic carbocycles. The van der Waals surface area contributed by atoms with E-state index in [1.807, 2.05) is 25.4 Å². The molecule has 0 saturated carbocycles. The van der Waals surface area contributed by atoms with Crippen molar-refractivity contribution in [2.24, 2.45) is 9.98 Å². The van der Waals surface area contributed by atoms with Crippen LogP contribution in [0.1, 0.15) is 12.5 Å². The maximum Gasteiger partial charge on any atom is 0.140 e. The van der Waals surface area contributed by atoms with Gasteiger partial charge in [0.15, 0.2) is 0 Å². The van der Waals surface area contributed by atoms with Crippen LogP contribution in [0.5, 0.6) is 0 Å². The number of nitrogens with one attached hydrogen (secondary N) is 1. The third-order valence-electron chi connectivity index (χ3n) is 2.45. The van der Waals surface area contributed by atoms with Gasteiger partial charge in [-0.1, -0.05) is 0 Å². The molecule has 82 valence electrons. The van der Waals surface area contributed by atoms with Crippen LogP contribution < -0.4 is 0 Å². The topological polar surface area (TPSA) is 58.3 Å². The van der Waals surface area contributed by atoms with Gasteiger partial charge in [0.25, 0.3) is 0 Å². The summed E-state index contributed by atoms with van der Waals surface area (Å²) in [4.78, 5) is 11.2. The standard InChI is InChI=1S/C11H13N5/c1-8(12-2)10-9(7-14-11(10)13-3)16-6-4-5-15-16/h4-7,14H,3H2,1-2H3. The second kappa shape index (κ2) is 4.14. The molecule has 0 radical (unpaired) electrons. The molecular weight excluding hydrogens is 202 g/mol. The fraction of sp³-hybridized carbons (Fsp3) is 0.182. The van der Waals surface area contributed by atoms with Gasteiger partial charge in [-0.15, -0.1) is 0 Å². The minimum Gasteiger partial charge on any atom is -0.344 e. The van der Waals surface area contributed by atoms with Crippen LogP contribution in [0.3, 0.4) is 0 Å². The first-order chi connectivity index (χ1) is 7.77. The molecule has 2 rings (SSSR count). The van der Waals surface area contributed by atoms with Crippen molar-refractivity contribution < 1.29 is 0 Å². The van der Waals surface area contributed by atoms with E-state index in [1.54, 1.807) is 17.9 Å². The summed E-state index contributed by atoms with van der Waals surface area (Å²) in [5.41, 5.74) is 2.76. The van der Waals surface area contributed by atoms with Gasteiger partial charge in [0.05, 0.1) is 11.3 Å². The summed E-state index contributed by atoms with van der Waals surface area (Å²) in [5.74, 6) is 0.716. The van der Waals surface area contributed by atoms with E-state index in [-0.39, 0.29) is 0 Å². The molecule has 0 unspecified atom stereocenters. The first-order valence-corrected chi connectivity index (χ1v) is 4.89. The van der Waals surface area contributed by atoms with E-state index in [4.69, 9.17) is 0 Å². The highest BCUT2D eigenvalue weighted by Crippen LogP contribution is 2.25. The predicted molar refractivity (Wildman–Crippen MR) is 65.3 cm³/mol. The van der Waals surface area contributed by atoms with Gasteiger partial charge in [-0.2, -0.15) is 5.10 Å². The Hall–Kier alpha value is -2.17. The average Bonchev–Trinajstić information content (AvgIpc) is 2.95. The smallest absolute Gasteiger partial charge is 0.140 e.